The first-order chi connectivity index (χ1) is 9.06. The van der Waals surface area contributed by atoms with E-state index in [0.29, 0.717) is 17.5 Å². The van der Waals surface area contributed by atoms with Crippen LogP contribution in [0.4, 0.5) is 5.69 Å². The lowest BCUT2D eigenvalue weighted by atomic mass is 10.1. The molecule has 1 saturated carbocycles. The fourth-order valence-electron chi connectivity index (χ4n) is 1.64. The lowest BCUT2D eigenvalue weighted by Gasteiger charge is -2.10. The Bertz CT molecular complexity index is 498. The number of hydrogen-bond acceptors (Lipinski definition) is 4. The molecule has 0 bridgehead atoms. The van der Waals surface area contributed by atoms with Gasteiger partial charge in [-0.2, -0.15) is 0 Å². The van der Waals surface area contributed by atoms with Gasteiger partial charge in [-0.3, -0.25) is 9.59 Å². The number of carbonyl (C=O) groups excluding carboxylic acids is 2. The van der Waals surface area contributed by atoms with Crippen molar-refractivity contribution in [1.82, 2.24) is 5.32 Å². The van der Waals surface area contributed by atoms with Crippen molar-refractivity contribution in [3.05, 3.63) is 23.8 Å². The zero-order chi connectivity index (χ0) is 13.8. The molecule has 0 aromatic heterocycles. The van der Waals surface area contributed by atoms with Gasteiger partial charge in [-0.05, 0) is 25.0 Å². The van der Waals surface area contributed by atoms with Crippen LogP contribution in [-0.2, 0) is 4.79 Å². The molecule has 0 radical (unpaired) electrons. The third-order valence-corrected chi connectivity index (χ3v) is 2.80. The fraction of sp³-hybridized carbons (Fsp3) is 0.385. The molecule has 1 aliphatic rings. The van der Waals surface area contributed by atoms with Crippen LogP contribution in [0.1, 0.15) is 29.6 Å². The van der Waals surface area contributed by atoms with Crippen LogP contribution in [0.25, 0.3) is 0 Å². The second-order valence-electron chi connectivity index (χ2n) is 4.56. The molecule has 19 heavy (non-hydrogen) atoms. The maximum atomic E-state index is 11.5. The number of amides is 2. The number of anilines is 1. The maximum Gasteiger partial charge on any atom is 0.252 e. The van der Waals surface area contributed by atoms with E-state index in [1.165, 1.54) is 12.1 Å². The number of primary amides is 1. The summed E-state index contributed by atoms with van der Waals surface area (Å²) in [5.74, 6) is -0.323. The average Bonchev–Trinajstić information content (AvgIpc) is 3.12. The Morgan fingerprint density at radius 2 is 2.11 bits per heavy atom. The third kappa shape index (κ3) is 3.87. The largest absolute Gasteiger partial charge is 0.492 e. The SMILES string of the molecule is NC(=O)c1ccc(N)cc1OCCC(=O)NC1CC1. The van der Waals surface area contributed by atoms with E-state index in [4.69, 9.17) is 16.2 Å². The van der Waals surface area contributed by atoms with Gasteiger partial charge in [0.1, 0.15) is 5.75 Å². The van der Waals surface area contributed by atoms with Crippen molar-refractivity contribution >= 4 is 17.5 Å². The summed E-state index contributed by atoms with van der Waals surface area (Å²) in [6, 6.07) is 4.95. The Labute approximate surface area is 111 Å². The van der Waals surface area contributed by atoms with Crippen LogP contribution in [0.2, 0.25) is 0 Å². The molecular formula is C13H17N3O3. The van der Waals surface area contributed by atoms with Crippen LogP contribution in [0.5, 0.6) is 5.75 Å². The minimum absolute atomic E-state index is 0.0490. The molecule has 1 aliphatic carbocycles. The summed E-state index contributed by atoms with van der Waals surface area (Å²) in [6.45, 7) is 0.183. The molecule has 0 heterocycles. The monoisotopic (exact) mass is 263 g/mol. The second-order valence-corrected chi connectivity index (χ2v) is 4.56. The Hall–Kier alpha value is -2.24. The number of carbonyl (C=O) groups is 2. The Morgan fingerprint density at radius 3 is 2.74 bits per heavy atom. The number of nitrogen functional groups attached to an aromatic ring is 1. The van der Waals surface area contributed by atoms with Crippen molar-refractivity contribution in [2.45, 2.75) is 25.3 Å². The van der Waals surface area contributed by atoms with E-state index >= 15 is 0 Å². The van der Waals surface area contributed by atoms with Gasteiger partial charge in [0.05, 0.1) is 18.6 Å². The summed E-state index contributed by atoms with van der Waals surface area (Å²) < 4.78 is 5.41. The van der Waals surface area contributed by atoms with Crippen molar-refractivity contribution in [1.29, 1.82) is 0 Å². The van der Waals surface area contributed by atoms with Crippen LogP contribution < -0.4 is 21.5 Å². The van der Waals surface area contributed by atoms with Gasteiger partial charge < -0.3 is 21.5 Å². The highest BCUT2D eigenvalue weighted by Crippen LogP contribution is 2.22. The van der Waals surface area contributed by atoms with Gasteiger partial charge in [-0.25, -0.2) is 0 Å². The molecule has 0 spiro atoms. The molecule has 6 heteroatoms. The van der Waals surface area contributed by atoms with Gasteiger partial charge in [0, 0.05) is 17.8 Å². The normalized spacial score (nSPS) is 13.9. The number of ether oxygens (including phenoxy) is 1. The van der Waals surface area contributed by atoms with Crippen molar-refractivity contribution in [3.63, 3.8) is 0 Å². The predicted octanol–water partition coefficient (Wildman–Crippen LogP) is 0.415. The van der Waals surface area contributed by atoms with E-state index in [-0.39, 0.29) is 24.5 Å². The number of nitrogens with one attached hydrogen (secondary N) is 1. The van der Waals surface area contributed by atoms with Crippen LogP contribution in [0, 0.1) is 0 Å². The highest BCUT2D eigenvalue weighted by Gasteiger charge is 2.23. The van der Waals surface area contributed by atoms with Crippen molar-refractivity contribution < 1.29 is 14.3 Å². The minimum Gasteiger partial charge on any atom is -0.492 e. The van der Waals surface area contributed by atoms with Gasteiger partial charge in [0.2, 0.25) is 5.91 Å². The molecule has 102 valence electrons. The highest BCUT2D eigenvalue weighted by molar-refractivity contribution is 5.96. The molecule has 1 fully saturated rings. The maximum absolute atomic E-state index is 11.5. The van der Waals surface area contributed by atoms with E-state index in [0.717, 1.165) is 12.8 Å². The summed E-state index contributed by atoms with van der Waals surface area (Å²) >= 11 is 0. The lowest BCUT2D eigenvalue weighted by molar-refractivity contribution is -0.121. The lowest BCUT2D eigenvalue weighted by Crippen LogP contribution is -2.26. The van der Waals surface area contributed by atoms with E-state index in [1.807, 2.05) is 0 Å². The average molecular weight is 263 g/mol. The molecular weight excluding hydrogens is 246 g/mol. The molecule has 1 aromatic carbocycles. The Balaban J connectivity index is 1.88. The first-order valence-electron chi connectivity index (χ1n) is 6.18. The van der Waals surface area contributed by atoms with Crippen LogP contribution in [0.15, 0.2) is 18.2 Å². The standard InChI is InChI=1S/C13H17N3O3/c14-8-1-4-10(13(15)18)11(7-8)19-6-5-12(17)16-9-2-3-9/h1,4,7,9H,2-3,5-6,14H2,(H2,15,18)(H,16,17). The van der Waals surface area contributed by atoms with Crippen molar-refractivity contribution in [2.75, 3.05) is 12.3 Å². The molecule has 6 nitrogen and oxygen atoms in total. The quantitative estimate of drug-likeness (QED) is 0.646. The van der Waals surface area contributed by atoms with Crippen LogP contribution in [0.3, 0.4) is 0 Å². The molecule has 2 amide bonds. The Kier molecular flexibility index (Phi) is 3.89. The van der Waals surface area contributed by atoms with E-state index in [2.05, 4.69) is 5.32 Å². The molecule has 0 atom stereocenters. The molecule has 0 saturated heterocycles. The minimum atomic E-state index is -0.586. The molecule has 5 N–H and O–H groups in total. The first kappa shape index (κ1) is 13.2. The summed E-state index contributed by atoms with van der Waals surface area (Å²) in [7, 11) is 0. The molecule has 0 unspecified atom stereocenters. The number of rotatable bonds is 6. The summed E-state index contributed by atoms with van der Waals surface area (Å²) in [5, 5.41) is 2.85. The van der Waals surface area contributed by atoms with Crippen molar-refractivity contribution in [3.8, 4) is 5.75 Å². The van der Waals surface area contributed by atoms with E-state index in [9.17, 15) is 9.59 Å². The van der Waals surface area contributed by atoms with Crippen LogP contribution in [-0.4, -0.2) is 24.5 Å². The van der Waals surface area contributed by atoms with E-state index < -0.39 is 5.91 Å². The zero-order valence-electron chi connectivity index (χ0n) is 10.5. The fourth-order valence-corrected chi connectivity index (χ4v) is 1.64. The molecule has 0 aliphatic heterocycles. The van der Waals surface area contributed by atoms with Crippen molar-refractivity contribution in [2.24, 2.45) is 5.73 Å². The second kappa shape index (κ2) is 5.60. The van der Waals surface area contributed by atoms with Gasteiger partial charge in [-0.15, -0.1) is 0 Å². The van der Waals surface area contributed by atoms with Gasteiger partial charge in [-0.1, -0.05) is 0 Å². The number of benzene rings is 1. The van der Waals surface area contributed by atoms with Crippen LogP contribution >= 0.6 is 0 Å². The molecule has 1 aromatic rings. The number of nitrogens with two attached hydrogens (primary N) is 2. The van der Waals surface area contributed by atoms with Gasteiger partial charge >= 0.3 is 0 Å². The number of hydrogen-bond donors (Lipinski definition) is 3. The van der Waals surface area contributed by atoms with Gasteiger partial charge in [0.25, 0.3) is 5.91 Å². The van der Waals surface area contributed by atoms with Gasteiger partial charge in [0.15, 0.2) is 0 Å². The predicted molar refractivity (Wildman–Crippen MR) is 70.6 cm³/mol. The summed E-state index contributed by atoms with van der Waals surface area (Å²) in [4.78, 5) is 22.7. The van der Waals surface area contributed by atoms with E-state index in [1.54, 1.807) is 6.07 Å². The smallest absolute Gasteiger partial charge is 0.252 e. The molecule has 2 rings (SSSR count). The summed E-state index contributed by atoms with van der Waals surface area (Å²) in [6.07, 6.45) is 2.34. The highest BCUT2D eigenvalue weighted by atomic mass is 16.5. The Morgan fingerprint density at radius 1 is 1.37 bits per heavy atom. The first-order valence-corrected chi connectivity index (χ1v) is 6.18. The topological polar surface area (TPSA) is 107 Å². The third-order valence-electron chi connectivity index (χ3n) is 2.80. The summed E-state index contributed by atoms with van der Waals surface area (Å²) in [5.41, 5.74) is 11.6. The zero-order valence-corrected chi connectivity index (χ0v) is 10.5.